The number of rotatable bonds is 4. The van der Waals surface area contributed by atoms with Crippen LogP contribution in [0.3, 0.4) is 0 Å². The third kappa shape index (κ3) is 2.28. The van der Waals surface area contributed by atoms with Gasteiger partial charge in [0.1, 0.15) is 11.6 Å². The smallest absolute Gasteiger partial charge is 0.147 e. The Hall–Kier alpha value is -0.900. The molecule has 4 heteroatoms. The molecule has 0 bridgehead atoms. The van der Waals surface area contributed by atoms with E-state index in [9.17, 15) is 0 Å². The minimum Gasteiger partial charge on any atom is -0.330 e. The summed E-state index contributed by atoms with van der Waals surface area (Å²) in [6, 6.07) is 0. The molecule has 0 aliphatic rings. The number of hydrogen-bond acceptors (Lipinski definition) is 3. The molecule has 1 unspecified atom stereocenters. The maximum atomic E-state index is 5.69. The van der Waals surface area contributed by atoms with Crippen LogP contribution in [0.2, 0.25) is 0 Å². The summed E-state index contributed by atoms with van der Waals surface area (Å²) in [5, 5.41) is 4.21. The highest BCUT2D eigenvalue weighted by molar-refractivity contribution is 4.99. The van der Waals surface area contributed by atoms with Gasteiger partial charge in [-0.05, 0) is 13.3 Å². The van der Waals surface area contributed by atoms with Crippen molar-refractivity contribution in [1.82, 2.24) is 14.8 Å². The highest BCUT2D eigenvalue weighted by Crippen LogP contribution is 2.17. The number of nitrogens with zero attached hydrogens (tertiary/aromatic N) is 3. The molecule has 0 aromatic carbocycles. The van der Waals surface area contributed by atoms with Gasteiger partial charge in [0.05, 0.1) is 0 Å². The fourth-order valence-corrected chi connectivity index (χ4v) is 1.59. The number of aromatic nitrogens is 3. The Morgan fingerprint density at radius 3 is 2.62 bits per heavy atom. The average molecular weight is 182 g/mol. The molecule has 1 heterocycles. The third-order valence-electron chi connectivity index (χ3n) is 2.19. The van der Waals surface area contributed by atoms with Gasteiger partial charge in [-0.2, -0.15) is 5.10 Å². The first kappa shape index (κ1) is 10.2. The lowest BCUT2D eigenvalue weighted by Crippen LogP contribution is -2.16. The molecule has 0 amide bonds. The lowest BCUT2D eigenvalue weighted by Gasteiger charge is -2.11. The van der Waals surface area contributed by atoms with Crippen LogP contribution >= 0.6 is 0 Å². The molecule has 0 aliphatic heterocycles. The first-order valence-corrected chi connectivity index (χ1v) is 4.76. The van der Waals surface area contributed by atoms with E-state index in [1.165, 1.54) is 0 Å². The first-order chi connectivity index (χ1) is 6.19. The van der Waals surface area contributed by atoms with Gasteiger partial charge in [-0.15, -0.1) is 0 Å². The largest absolute Gasteiger partial charge is 0.330 e. The van der Waals surface area contributed by atoms with Gasteiger partial charge >= 0.3 is 0 Å². The lowest BCUT2D eigenvalue weighted by molar-refractivity contribution is 0.551. The maximum Gasteiger partial charge on any atom is 0.147 e. The standard InChI is InChI=1S/C9H18N4/c1-4-5-8(6-10)9-11-7(2)12-13(9)3/h8H,4-6,10H2,1-3H3. The van der Waals surface area contributed by atoms with Crippen LogP contribution in [0.5, 0.6) is 0 Å². The zero-order valence-electron chi connectivity index (χ0n) is 8.62. The molecule has 2 N–H and O–H groups in total. The van der Waals surface area contributed by atoms with Gasteiger partial charge in [-0.25, -0.2) is 4.98 Å². The third-order valence-corrected chi connectivity index (χ3v) is 2.19. The van der Waals surface area contributed by atoms with Gasteiger partial charge in [0.25, 0.3) is 0 Å². The van der Waals surface area contributed by atoms with E-state index < -0.39 is 0 Å². The van der Waals surface area contributed by atoms with Crippen LogP contribution in [0.25, 0.3) is 0 Å². The van der Waals surface area contributed by atoms with E-state index in [1.54, 1.807) is 0 Å². The molecular formula is C9H18N4. The van der Waals surface area contributed by atoms with Crippen LogP contribution in [0, 0.1) is 6.92 Å². The van der Waals surface area contributed by atoms with E-state index in [1.807, 2.05) is 18.7 Å². The first-order valence-electron chi connectivity index (χ1n) is 4.76. The van der Waals surface area contributed by atoms with Gasteiger partial charge in [-0.3, -0.25) is 4.68 Å². The molecule has 0 saturated heterocycles. The molecule has 0 saturated carbocycles. The number of nitrogens with two attached hydrogens (primary N) is 1. The van der Waals surface area contributed by atoms with Crippen molar-refractivity contribution >= 4 is 0 Å². The average Bonchev–Trinajstić information content (AvgIpc) is 2.41. The van der Waals surface area contributed by atoms with E-state index in [4.69, 9.17) is 5.73 Å². The number of hydrogen-bond donors (Lipinski definition) is 1. The van der Waals surface area contributed by atoms with Crippen LogP contribution in [0.4, 0.5) is 0 Å². The molecule has 1 aromatic heterocycles. The van der Waals surface area contributed by atoms with Gasteiger partial charge in [-0.1, -0.05) is 13.3 Å². The molecule has 74 valence electrons. The minimum absolute atomic E-state index is 0.358. The van der Waals surface area contributed by atoms with Crippen LogP contribution in [0.1, 0.15) is 37.3 Å². The topological polar surface area (TPSA) is 56.7 Å². The summed E-state index contributed by atoms with van der Waals surface area (Å²) in [4.78, 5) is 4.37. The van der Waals surface area contributed by atoms with Gasteiger partial charge in [0.2, 0.25) is 0 Å². The highest BCUT2D eigenvalue weighted by Gasteiger charge is 2.14. The minimum atomic E-state index is 0.358. The molecule has 0 aliphatic carbocycles. The van der Waals surface area contributed by atoms with Crippen molar-refractivity contribution in [3.63, 3.8) is 0 Å². The van der Waals surface area contributed by atoms with Crippen LogP contribution < -0.4 is 5.73 Å². The second-order valence-electron chi connectivity index (χ2n) is 3.36. The van der Waals surface area contributed by atoms with E-state index in [0.29, 0.717) is 12.5 Å². The quantitative estimate of drug-likeness (QED) is 0.754. The zero-order chi connectivity index (χ0) is 9.84. The van der Waals surface area contributed by atoms with Crippen molar-refractivity contribution in [1.29, 1.82) is 0 Å². The summed E-state index contributed by atoms with van der Waals surface area (Å²) in [6.07, 6.45) is 2.22. The second kappa shape index (κ2) is 4.37. The molecule has 13 heavy (non-hydrogen) atoms. The zero-order valence-corrected chi connectivity index (χ0v) is 8.62. The predicted molar refractivity (Wildman–Crippen MR) is 52.4 cm³/mol. The summed E-state index contributed by atoms with van der Waals surface area (Å²) < 4.78 is 1.84. The van der Waals surface area contributed by atoms with E-state index >= 15 is 0 Å². The summed E-state index contributed by atoms with van der Waals surface area (Å²) in [7, 11) is 1.92. The Morgan fingerprint density at radius 1 is 1.54 bits per heavy atom. The van der Waals surface area contributed by atoms with Crippen molar-refractivity contribution in [2.75, 3.05) is 6.54 Å². The molecule has 1 rings (SSSR count). The maximum absolute atomic E-state index is 5.69. The fourth-order valence-electron chi connectivity index (χ4n) is 1.59. The molecule has 0 fully saturated rings. The van der Waals surface area contributed by atoms with Gasteiger partial charge in [0, 0.05) is 19.5 Å². The summed E-state index contributed by atoms with van der Waals surface area (Å²) in [6.45, 7) is 4.72. The number of aryl methyl sites for hydroxylation is 2. The van der Waals surface area contributed by atoms with Gasteiger partial charge < -0.3 is 5.73 Å². The van der Waals surface area contributed by atoms with Crippen LogP contribution in [-0.2, 0) is 7.05 Å². The summed E-state index contributed by atoms with van der Waals surface area (Å²) in [5.74, 6) is 2.20. The lowest BCUT2D eigenvalue weighted by atomic mass is 10.0. The molecule has 0 radical (unpaired) electrons. The Bertz CT molecular complexity index is 267. The predicted octanol–water partition coefficient (Wildman–Crippen LogP) is 0.966. The second-order valence-corrected chi connectivity index (χ2v) is 3.36. The molecular weight excluding hydrogens is 164 g/mol. The van der Waals surface area contributed by atoms with Crippen molar-refractivity contribution in [3.8, 4) is 0 Å². The van der Waals surface area contributed by atoms with Crippen molar-refractivity contribution in [2.45, 2.75) is 32.6 Å². The van der Waals surface area contributed by atoms with Crippen LogP contribution in [-0.4, -0.2) is 21.3 Å². The van der Waals surface area contributed by atoms with E-state index in [-0.39, 0.29) is 0 Å². The Labute approximate surface area is 79.2 Å². The highest BCUT2D eigenvalue weighted by atomic mass is 15.3. The molecule has 1 atom stereocenters. The summed E-state index contributed by atoms with van der Waals surface area (Å²) in [5.41, 5.74) is 5.69. The monoisotopic (exact) mass is 182 g/mol. The molecule has 4 nitrogen and oxygen atoms in total. The normalized spacial score (nSPS) is 13.2. The molecule has 1 aromatic rings. The Kier molecular flexibility index (Phi) is 3.42. The van der Waals surface area contributed by atoms with E-state index in [0.717, 1.165) is 24.5 Å². The van der Waals surface area contributed by atoms with Crippen molar-refractivity contribution in [2.24, 2.45) is 12.8 Å². The Morgan fingerprint density at radius 2 is 2.23 bits per heavy atom. The molecule has 0 spiro atoms. The van der Waals surface area contributed by atoms with E-state index in [2.05, 4.69) is 17.0 Å². The fraction of sp³-hybridized carbons (Fsp3) is 0.778. The van der Waals surface area contributed by atoms with Crippen molar-refractivity contribution < 1.29 is 0 Å². The summed E-state index contributed by atoms with van der Waals surface area (Å²) >= 11 is 0. The SMILES string of the molecule is CCCC(CN)c1nc(C)nn1C. The van der Waals surface area contributed by atoms with Crippen LogP contribution in [0.15, 0.2) is 0 Å². The van der Waals surface area contributed by atoms with Crippen molar-refractivity contribution in [3.05, 3.63) is 11.6 Å². The Balaban J connectivity index is 2.83. The van der Waals surface area contributed by atoms with Gasteiger partial charge in [0.15, 0.2) is 0 Å².